The Hall–Kier alpha value is -2.67. The third kappa shape index (κ3) is 3.90. The second kappa shape index (κ2) is 6.67. The van der Waals surface area contributed by atoms with Gasteiger partial charge in [0.1, 0.15) is 0 Å². The minimum Gasteiger partial charge on any atom is -0.493 e. The summed E-state index contributed by atoms with van der Waals surface area (Å²) in [5.74, 6) is -0.381. The van der Waals surface area contributed by atoms with Gasteiger partial charge in [-0.2, -0.15) is 0 Å². The van der Waals surface area contributed by atoms with Gasteiger partial charge in [0.25, 0.3) is 5.69 Å². The fourth-order valence-electron chi connectivity index (χ4n) is 1.54. The van der Waals surface area contributed by atoms with Crippen molar-refractivity contribution in [2.24, 2.45) is 0 Å². The molecule has 0 spiro atoms. The summed E-state index contributed by atoms with van der Waals surface area (Å²) in [6.07, 6.45) is 2.86. The zero-order chi connectivity index (χ0) is 15.2. The highest BCUT2D eigenvalue weighted by molar-refractivity contribution is 7.10. The number of carbonyl (C=O) groups is 1. The summed E-state index contributed by atoms with van der Waals surface area (Å²) in [6, 6.07) is 7.51. The summed E-state index contributed by atoms with van der Waals surface area (Å²) < 4.78 is 10.1. The van der Waals surface area contributed by atoms with Crippen LogP contribution in [0, 0.1) is 10.1 Å². The predicted octanol–water partition coefficient (Wildman–Crippen LogP) is 3.28. The summed E-state index contributed by atoms with van der Waals surface area (Å²) in [5, 5.41) is 12.6. The van der Waals surface area contributed by atoms with Crippen LogP contribution >= 0.6 is 11.3 Å². The Morgan fingerprint density at radius 3 is 2.76 bits per heavy atom. The van der Waals surface area contributed by atoms with Gasteiger partial charge in [-0.15, -0.1) is 11.3 Å². The molecule has 0 aliphatic heterocycles. The van der Waals surface area contributed by atoms with Gasteiger partial charge in [-0.05, 0) is 23.6 Å². The molecule has 0 aliphatic rings. The van der Waals surface area contributed by atoms with E-state index in [0.29, 0.717) is 0 Å². The number of non-ortho nitro benzene ring substituents is 1. The lowest BCUT2D eigenvalue weighted by Gasteiger charge is -2.07. The second-order valence-electron chi connectivity index (χ2n) is 3.86. The van der Waals surface area contributed by atoms with Crippen molar-refractivity contribution >= 4 is 29.1 Å². The molecule has 0 amide bonds. The van der Waals surface area contributed by atoms with Crippen LogP contribution in [0.1, 0.15) is 4.88 Å². The number of esters is 1. The van der Waals surface area contributed by atoms with Crippen LogP contribution in [-0.4, -0.2) is 18.0 Å². The molecule has 0 N–H and O–H groups in total. The summed E-state index contributed by atoms with van der Waals surface area (Å²) in [4.78, 5) is 22.8. The van der Waals surface area contributed by atoms with Gasteiger partial charge in [0, 0.05) is 17.0 Å². The van der Waals surface area contributed by atoms with E-state index in [2.05, 4.69) is 0 Å². The maximum absolute atomic E-state index is 11.7. The van der Waals surface area contributed by atoms with Gasteiger partial charge in [-0.1, -0.05) is 6.07 Å². The topological polar surface area (TPSA) is 78.7 Å². The van der Waals surface area contributed by atoms with E-state index in [1.807, 2.05) is 17.5 Å². The third-order valence-electron chi connectivity index (χ3n) is 2.50. The zero-order valence-electron chi connectivity index (χ0n) is 11.0. The SMILES string of the molecule is COc1ccc([N+](=O)[O-])cc1OC(=O)/C=C/c1cccs1. The Bertz CT molecular complexity index is 679. The van der Waals surface area contributed by atoms with Crippen LogP contribution in [0.25, 0.3) is 6.08 Å². The van der Waals surface area contributed by atoms with Gasteiger partial charge < -0.3 is 9.47 Å². The molecule has 0 fully saturated rings. The number of methoxy groups -OCH3 is 1. The first-order chi connectivity index (χ1) is 10.1. The van der Waals surface area contributed by atoms with Crippen LogP contribution in [0.15, 0.2) is 41.8 Å². The average molecular weight is 305 g/mol. The Morgan fingerprint density at radius 1 is 1.33 bits per heavy atom. The lowest BCUT2D eigenvalue weighted by molar-refractivity contribution is -0.384. The van der Waals surface area contributed by atoms with E-state index in [1.165, 1.54) is 36.7 Å². The van der Waals surface area contributed by atoms with Gasteiger partial charge in [0.05, 0.1) is 18.1 Å². The highest BCUT2D eigenvalue weighted by Crippen LogP contribution is 2.31. The van der Waals surface area contributed by atoms with Crippen LogP contribution in [0.2, 0.25) is 0 Å². The molecule has 0 bridgehead atoms. The van der Waals surface area contributed by atoms with Crippen molar-refractivity contribution in [1.29, 1.82) is 0 Å². The van der Waals surface area contributed by atoms with Crippen LogP contribution < -0.4 is 9.47 Å². The number of hydrogen-bond donors (Lipinski definition) is 0. The molecule has 2 rings (SSSR count). The molecule has 0 aliphatic carbocycles. The first-order valence-electron chi connectivity index (χ1n) is 5.86. The largest absolute Gasteiger partial charge is 0.493 e. The van der Waals surface area contributed by atoms with Crippen LogP contribution in [-0.2, 0) is 4.79 Å². The minimum atomic E-state index is -0.637. The Labute approximate surface area is 124 Å². The first-order valence-corrected chi connectivity index (χ1v) is 6.74. The molecular weight excluding hydrogens is 294 g/mol. The maximum atomic E-state index is 11.7. The molecule has 0 unspecified atom stereocenters. The maximum Gasteiger partial charge on any atom is 0.336 e. The number of ether oxygens (including phenoxy) is 2. The lowest BCUT2D eigenvalue weighted by atomic mass is 10.3. The standard InChI is InChI=1S/C14H11NO5S/c1-19-12-6-4-10(15(17)18)9-13(12)20-14(16)7-5-11-3-2-8-21-11/h2-9H,1H3/b7-5+. The van der Waals surface area contributed by atoms with Crippen molar-refractivity contribution < 1.29 is 19.2 Å². The highest BCUT2D eigenvalue weighted by atomic mass is 32.1. The average Bonchev–Trinajstić information content (AvgIpc) is 2.98. The van der Waals surface area contributed by atoms with E-state index in [-0.39, 0.29) is 17.2 Å². The van der Waals surface area contributed by atoms with E-state index in [1.54, 1.807) is 6.08 Å². The van der Waals surface area contributed by atoms with Gasteiger partial charge >= 0.3 is 5.97 Å². The quantitative estimate of drug-likeness (QED) is 0.278. The van der Waals surface area contributed by atoms with Crippen LogP contribution in [0.3, 0.4) is 0 Å². The third-order valence-corrected chi connectivity index (χ3v) is 3.33. The molecule has 21 heavy (non-hydrogen) atoms. The lowest BCUT2D eigenvalue weighted by Crippen LogP contribution is -2.05. The number of hydrogen-bond acceptors (Lipinski definition) is 6. The molecule has 0 saturated heterocycles. The molecule has 1 aromatic heterocycles. The molecule has 0 saturated carbocycles. The fourth-order valence-corrected chi connectivity index (χ4v) is 2.16. The Balaban J connectivity index is 2.15. The van der Waals surface area contributed by atoms with Crippen molar-refractivity contribution in [1.82, 2.24) is 0 Å². The number of benzene rings is 1. The summed E-state index contributed by atoms with van der Waals surface area (Å²) in [7, 11) is 1.39. The molecular formula is C14H11NO5S. The van der Waals surface area contributed by atoms with Crippen molar-refractivity contribution in [3.05, 3.63) is 56.8 Å². The Kier molecular flexibility index (Phi) is 4.68. The number of rotatable bonds is 5. The van der Waals surface area contributed by atoms with Gasteiger partial charge in [-0.25, -0.2) is 4.79 Å². The van der Waals surface area contributed by atoms with E-state index < -0.39 is 10.9 Å². The molecule has 1 heterocycles. The number of carbonyl (C=O) groups excluding carboxylic acids is 1. The second-order valence-corrected chi connectivity index (χ2v) is 4.84. The van der Waals surface area contributed by atoms with E-state index in [0.717, 1.165) is 10.9 Å². The summed E-state index contributed by atoms with van der Waals surface area (Å²) >= 11 is 1.48. The first kappa shape index (κ1) is 14.7. The number of nitro groups is 1. The Morgan fingerprint density at radius 2 is 2.14 bits per heavy atom. The summed E-state index contributed by atoms with van der Waals surface area (Å²) in [6.45, 7) is 0. The molecule has 1 aromatic carbocycles. The molecule has 6 nitrogen and oxygen atoms in total. The van der Waals surface area contributed by atoms with E-state index >= 15 is 0 Å². The van der Waals surface area contributed by atoms with E-state index in [9.17, 15) is 14.9 Å². The molecule has 7 heteroatoms. The van der Waals surface area contributed by atoms with Gasteiger partial charge in [0.15, 0.2) is 11.5 Å². The van der Waals surface area contributed by atoms with Gasteiger partial charge in [0.2, 0.25) is 0 Å². The molecule has 2 aromatic rings. The molecule has 108 valence electrons. The number of thiophene rings is 1. The zero-order valence-corrected chi connectivity index (χ0v) is 11.8. The molecule has 0 radical (unpaired) electrons. The van der Waals surface area contributed by atoms with E-state index in [4.69, 9.17) is 9.47 Å². The van der Waals surface area contributed by atoms with Crippen molar-refractivity contribution in [3.63, 3.8) is 0 Å². The number of nitrogens with zero attached hydrogens (tertiary/aromatic N) is 1. The minimum absolute atomic E-state index is 0.00697. The van der Waals surface area contributed by atoms with Crippen LogP contribution in [0.4, 0.5) is 5.69 Å². The predicted molar refractivity (Wildman–Crippen MR) is 78.6 cm³/mol. The van der Waals surface area contributed by atoms with Gasteiger partial charge in [-0.3, -0.25) is 10.1 Å². The van der Waals surface area contributed by atoms with Crippen molar-refractivity contribution in [2.75, 3.05) is 7.11 Å². The summed E-state index contributed by atoms with van der Waals surface area (Å²) in [5.41, 5.74) is -0.180. The molecule has 0 atom stereocenters. The monoisotopic (exact) mass is 305 g/mol. The van der Waals surface area contributed by atoms with Crippen LogP contribution in [0.5, 0.6) is 11.5 Å². The highest BCUT2D eigenvalue weighted by Gasteiger charge is 2.14. The van der Waals surface area contributed by atoms with Crippen molar-refractivity contribution in [3.8, 4) is 11.5 Å². The normalized spacial score (nSPS) is 10.5. The fraction of sp³-hybridized carbons (Fsp3) is 0.0714. The smallest absolute Gasteiger partial charge is 0.336 e. The number of nitro benzene ring substituents is 1. The van der Waals surface area contributed by atoms with Crippen molar-refractivity contribution in [2.45, 2.75) is 0 Å².